The number of hydrogen-bond donors (Lipinski definition) is 1. The molecule has 0 aliphatic carbocycles. The first kappa shape index (κ1) is 23.1. The Morgan fingerprint density at radius 1 is 1.13 bits per heavy atom. The molecule has 0 bridgehead atoms. The number of rotatable bonds is 6. The molecular weight excluding hydrogens is 444 g/mol. The lowest BCUT2D eigenvalue weighted by atomic mass is 10.2. The van der Waals surface area contributed by atoms with Gasteiger partial charge in [0.25, 0.3) is 5.69 Å². The standard InChI is InChI=1S/C20H23ClN4O5S/c1-14-3-4-15(2)19(11-14)31(29,30)24-9-7-23(8-10-24)13-20(26)22-18-12-16(25(27)28)5-6-17(18)21/h3-6,11-12H,7-10,13H2,1-2H3,(H,22,26). The topological polar surface area (TPSA) is 113 Å². The third-order valence-corrected chi connectivity index (χ3v) is 7.47. The van der Waals surface area contributed by atoms with E-state index in [0.29, 0.717) is 23.5 Å². The van der Waals surface area contributed by atoms with Crippen molar-refractivity contribution in [1.29, 1.82) is 0 Å². The molecule has 166 valence electrons. The molecule has 0 atom stereocenters. The van der Waals surface area contributed by atoms with Crippen LogP contribution in [0.3, 0.4) is 0 Å². The van der Waals surface area contributed by atoms with Gasteiger partial charge in [0.1, 0.15) is 0 Å². The molecule has 1 N–H and O–H groups in total. The van der Waals surface area contributed by atoms with Crippen LogP contribution >= 0.6 is 11.6 Å². The number of nitro groups is 1. The first-order valence-corrected chi connectivity index (χ1v) is 11.4. The van der Waals surface area contributed by atoms with E-state index in [4.69, 9.17) is 11.6 Å². The highest BCUT2D eigenvalue weighted by Crippen LogP contribution is 2.27. The van der Waals surface area contributed by atoms with Crippen LogP contribution in [0.2, 0.25) is 5.02 Å². The summed E-state index contributed by atoms with van der Waals surface area (Å²) in [6.07, 6.45) is 0. The Hall–Kier alpha value is -2.53. The van der Waals surface area contributed by atoms with Crippen LogP contribution in [0.1, 0.15) is 11.1 Å². The average Bonchev–Trinajstić information content (AvgIpc) is 2.71. The second kappa shape index (κ2) is 9.31. The summed E-state index contributed by atoms with van der Waals surface area (Å²) in [4.78, 5) is 24.9. The number of benzene rings is 2. The zero-order valence-corrected chi connectivity index (χ0v) is 18.7. The first-order chi connectivity index (χ1) is 14.6. The van der Waals surface area contributed by atoms with Gasteiger partial charge in [0, 0.05) is 38.3 Å². The van der Waals surface area contributed by atoms with E-state index in [1.165, 1.54) is 22.5 Å². The maximum absolute atomic E-state index is 13.0. The smallest absolute Gasteiger partial charge is 0.271 e. The number of anilines is 1. The van der Waals surface area contributed by atoms with E-state index in [0.717, 1.165) is 5.56 Å². The molecule has 0 spiro atoms. The van der Waals surface area contributed by atoms with E-state index in [1.54, 1.807) is 19.1 Å². The maximum atomic E-state index is 13.0. The Morgan fingerprint density at radius 3 is 2.45 bits per heavy atom. The molecule has 0 saturated carbocycles. The molecule has 9 nitrogen and oxygen atoms in total. The van der Waals surface area contributed by atoms with Crippen molar-refractivity contribution in [2.75, 3.05) is 38.0 Å². The Balaban J connectivity index is 1.60. The highest BCUT2D eigenvalue weighted by Gasteiger charge is 2.30. The van der Waals surface area contributed by atoms with Crippen molar-refractivity contribution in [2.45, 2.75) is 18.7 Å². The van der Waals surface area contributed by atoms with Crippen LogP contribution in [-0.2, 0) is 14.8 Å². The summed E-state index contributed by atoms with van der Waals surface area (Å²) in [6, 6.07) is 9.16. The van der Waals surface area contributed by atoms with Crippen LogP contribution in [0.15, 0.2) is 41.3 Å². The molecular formula is C20H23ClN4O5S. The molecule has 1 heterocycles. The second-order valence-corrected chi connectivity index (χ2v) is 9.73. The minimum absolute atomic E-state index is 0.0242. The molecule has 2 aromatic rings. The lowest BCUT2D eigenvalue weighted by Crippen LogP contribution is -2.50. The Bertz CT molecular complexity index is 1110. The lowest BCUT2D eigenvalue weighted by molar-refractivity contribution is -0.384. The number of sulfonamides is 1. The van der Waals surface area contributed by atoms with E-state index in [-0.39, 0.29) is 41.9 Å². The van der Waals surface area contributed by atoms with Gasteiger partial charge in [0.15, 0.2) is 0 Å². The van der Waals surface area contributed by atoms with Crippen molar-refractivity contribution in [3.8, 4) is 0 Å². The number of carbonyl (C=O) groups is 1. The maximum Gasteiger partial charge on any atom is 0.271 e. The highest BCUT2D eigenvalue weighted by molar-refractivity contribution is 7.89. The molecule has 3 rings (SSSR count). The summed E-state index contributed by atoms with van der Waals surface area (Å²) in [5.74, 6) is -0.381. The third-order valence-electron chi connectivity index (χ3n) is 5.09. The molecule has 0 radical (unpaired) electrons. The average molecular weight is 467 g/mol. The number of nitrogens with zero attached hydrogens (tertiary/aromatic N) is 3. The minimum Gasteiger partial charge on any atom is -0.323 e. The van der Waals surface area contributed by atoms with Gasteiger partial charge >= 0.3 is 0 Å². The molecule has 2 aromatic carbocycles. The summed E-state index contributed by atoms with van der Waals surface area (Å²) in [6.45, 7) is 4.95. The summed E-state index contributed by atoms with van der Waals surface area (Å²) in [5, 5.41) is 13.7. The van der Waals surface area contributed by atoms with Crippen molar-refractivity contribution >= 4 is 38.9 Å². The Kier molecular flexibility index (Phi) is 6.95. The van der Waals surface area contributed by atoms with Gasteiger partial charge in [-0.05, 0) is 37.1 Å². The fourth-order valence-electron chi connectivity index (χ4n) is 3.37. The highest BCUT2D eigenvalue weighted by atomic mass is 35.5. The number of nitrogens with one attached hydrogen (secondary N) is 1. The molecule has 1 amide bonds. The van der Waals surface area contributed by atoms with E-state index >= 15 is 0 Å². The van der Waals surface area contributed by atoms with Crippen molar-refractivity contribution in [2.24, 2.45) is 0 Å². The summed E-state index contributed by atoms with van der Waals surface area (Å²) < 4.78 is 27.5. The SMILES string of the molecule is Cc1ccc(C)c(S(=O)(=O)N2CCN(CC(=O)Nc3cc([N+](=O)[O-])ccc3Cl)CC2)c1. The number of non-ortho nitro benzene ring substituents is 1. The number of carbonyl (C=O) groups excluding carboxylic acids is 1. The van der Waals surface area contributed by atoms with Gasteiger partial charge in [-0.3, -0.25) is 19.8 Å². The predicted molar refractivity (Wildman–Crippen MR) is 118 cm³/mol. The number of halogens is 1. The fraction of sp³-hybridized carbons (Fsp3) is 0.350. The first-order valence-electron chi connectivity index (χ1n) is 9.61. The quantitative estimate of drug-likeness (QED) is 0.517. The molecule has 1 aliphatic heterocycles. The van der Waals surface area contributed by atoms with Crippen molar-refractivity contribution < 1.29 is 18.1 Å². The van der Waals surface area contributed by atoms with Crippen LogP contribution in [0.5, 0.6) is 0 Å². The van der Waals surface area contributed by atoms with Gasteiger partial charge < -0.3 is 5.32 Å². The third kappa shape index (κ3) is 5.40. The van der Waals surface area contributed by atoms with Gasteiger partial charge in [-0.2, -0.15) is 4.31 Å². The lowest BCUT2D eigenvalue weighted by Gasteiger charge is -2.33. The number of hydrogen-bond acceptors (Lipinski definition) is 6. The van der Waals surface area contributed by atoms with E-state index in [9.17, 15) is 23.3 Å². The Morgan fingerprint density at radius 2 is 1.81 bits per heavy atom. The monoisotopic (exact) mass is 466 g/mol. The van der Waals surface area contributed by atoms with Crippen LogP contribution < -0.4 is 5.32 Å². The number of aryl methyl sites for hydroxylation is 2. The summed E-state index contributed by atoms with van der Waals surface area (Å²) >= 11 is 6.01. The van der Waals surface area contributed by atoms with E-state index in [2.05, 4.69) is 5.32 Å². The van der Waals surface area contributed by atoms with Crippen LogP contribution in [0.25, 0.3) is 0 Å². The fourth-order valence-corrected chi connectivity index (χ4v) is 5.26. The van der Waals surface area contributed by atoms with E-state index in [1.807, 2.05) is 17.9 Å². The zero-order valence-electron chi connectivity index (χ0n) is 17.2. The molecule has 1 aliphatic rings. The van der Waals surface area contributed by atoms with Gasteiger partial charge in [0.05, 0.1) is 27.1 Å². The second-order valence-electron chi connectivity index (χ2n) is 7.42. The molecule has 1 fully saturated rings. The number of piperazine rings is 1. The van der Waals surface area contributed by atoms with Crippen LogP contribution in [0.4, 0.5) is 11.4 Å². The number of nitro benzene ring substituents is 1. The van der Waals surface area contributed by atoms with Gasteiger partial charge in [-0.25, -0.2) is 8.42 Å². The summed E-state index contributed by atoms with van der Waals surface area (Å²) in [7, 11) is -3.61. The minimum atomic E-state index is -3.61. The van der Waals surface area contributed by atoms with Crippen molar-refractivity contribution in [3.05, 3.63) is 62.7 Å². The summed E-state index contributed by atoms with van der Waals surface area (Å²) in [5.41, 5.74) is 1.56. The molecule has 0 aromatic heterocycles. The number of amides is 1. The largest absolute Gasteiger partial charge is 0.323 e. The van der Waals surface area contributed by atoms with Gasteiger partial charge in [-0.15, -0.1) is 0 Å². The van der Waals surface area contributed by atoms with Gasteiger partial charge in [0.2, 0.25) is 15.9 Å². The Labute approximate surface area is 185 Å². The molecule has 0 unspecified atom stereocenters. The van der Waals surface area contributed by atoms with Gasteiger partial charge in [-0.1, -0.05) is 23.7 Å². The predicted octanol–water partition coefficient (Wildman–Crippen LogP) is 2.81. The van der Waals surface area contributed by atoms with Crippen LogP contribution in [-0.4, -0.2) is 61.2 Å². The van der Waals surface area contributed by atoms with Crippen LogP contribution in [0, 0.1) is 24.0 Å². The normalized spacial score (nSPS) is 15.6. The zero-order chi connectivity index (χ0) is 22.8. The van der Waals surface area contributed by atoms with Crippen molar-refractivity contribution in [1.82, 2.24) is 9.21 Å². The van der Waals surface area contributed by atoms with Crippen molar-refractivity contribution in [3.63, 3.8) is 0 Å². The molecule has 1 saturated heterocycles. The molecule has 11 heteroatoms. The van der Waals surface area contributed by atoms with E-state index < -0.39 is 14.9 Å². The molecule has 31 heavy (non-hydrogen) atoms.